The molecule has 8 nitrogen and oxygen atoms in total. The summed E-state index contributed by atoms with van der Waals surface area (Å²) in [6.07, 6.45) is 1.99. The second-order valence-corrected chi connectivity index (χ2v) is 10.0. The maximum Gasteiger partial charge on any atom is 0.325 e. The maximum absolute atomic E-state index is 12.9. The number of urea groups is 1. The lowest BCUT2D eigenvalue weighted by Crippen LogP contribution is -2.45. The van der Waals surface area contributed by atoms with E-state index >= 15 is 0 Å². The van der Waals surface area contributed by atoms with E-state index in [1.54, 1.807) is 6.92 Å². The second-order valence-electron chi connectivity index (χ2n) is 7.60. The molecular formula is C21H22ClN3O5S. The van der Waals surface area contributed by atoms with E-state index in [1.165, 1.54) is 18.2 Å². The van der Waals surface area contributed by atoms with E-state index in [4.69, 9.17) is 11.6 Å². The molecule has 2 N–H and O–H groups in total. The average molecular weight is 464 g/mol. The molecule has 1 aliphatic heterocycles. The Morgan fingerprint density at radius 3 is 2.48 bits per heavy atom. The summed E-state index contributed by atoms with van der Waals surface area (Å²) in [5, 5.41) is 5.26. The lowest BCUT2D eigenvalue weighted by Gasteiger charge is -2.21. The number of halogens is 1. The SMILES string of the molecule is C[C@]1(CCc2ccccc2)NC(=O)N(CC(=O)Nc2cc(S(C)(=O)=O)ccc2Cl)C1=O. The number of hydrogen-bond donors (Lipinski definition) is 2. The first-order chi connectivity index (χ1) is 14.5. The summed E-state index contributed by atoms with van der Waals surface area (Å²) < 4.78 is 23.4. The Labute approximate surface area is 185 Å². The van der Waals surface area contributed by atoms with E-state index in [0.29, 0.717) is 12.8 Å². The van der Waals surface area contributed by atoms with Crippen molar-refractivity contribution in [1.82, 2.24) is 10.2 Å². The third kappa shape index (κ3) is 5.23. The highest BCUT2D eigenvalue weighted by atomic mass is 35.5. The van der Waals surface area contributed by atoms with Crippen LogP contribution in [0.25, 0.3) is 0 Å². The molecule has 1 atom stereocenters. The molecule has 3 rings (SSSR count). The van der Waals surface area contributed by atoms with Crippen LogP contribution in [0.2, 0.25) is 5.02 Å². The number of amides is 4. The monoisotopic (exact) mass is 463 g/mol. The number of hydrogen-bond acceptors (Lipinski definition) is 5. The third-order valence-electron chi connectivity index (χ3n) is 5.04. The third-order valence-corrected chi connectivity index (χ3v) is 6.48. The van der Waals surface area contributed by atoms with E-state index in [-0.39, 0.29) is 15.6 Å². The molecule has 31 heavy (non-hydrogen) atoms. The van der Waals surface area contributed by atoms with E-state index < -0.39 is 39.8 Å². The number of carbonyl (C=O) groups excluding carboxylic acids is 3. The topological polar surface area (TPSA) is 113 Å². The number of carbonyl (C=O) groups is 3. The molecule has 1 saturated heterocycles. The van der Waals surface area contributed by atoms with Crippen molar-refractivity contribution in [2.24, 2.45) is 0 Å². The van der Waals surface area contributed by atoms with Crippen molar-refractivity contribution in [2.75, 3.05) is 18.1 Å². The summed E-state index contributed by atoms with van der Waals surface area (Å²) in [6.45, 7) is 1.10. The van der Waals surface area contributed by atoms with Crippen LogP contribution >= 0.6 is 11.6 Å². The minimum Gasteiger partial charge on any atom is -0.323 e. The maximum atomic E-state index is 12.9. The zero-order valence-corrected chi connectivity index (χ0v) is 18.6. The number of benzene rings is 2. The number of anilines is 1. The van der Waals surface area contributed by atoms with Gasteiger partial charge in [0, 0.05) is 6.26 Å². The molecule has 1 fully saturated rings. The number of nitrogens with zero attached hydrogens (tertiary/aromatic N) is 1. The molecular weight excluding hydrogens is 442 g/mol. The molecule has 0 saturated carbocycles. The van der Waals surface area contributed by atoms with Crippen LogP contribution < -0.4 is 10.6 Å². The largest absolute Gasteiger partial charge is 0.325 e. The first-order valence-electron chi connectivity index (χ1n) is 9.47. The van der Waals surface area contributed by atoms with Gasteiger partial charge in [-0.05, 0) is 43.5 Å². The summed E-state index contributed by atoms with van der Waals surface area (Å²) in [5.74, 6) is -1.18. The Bertz CT molecular complexity index is 1140. The molecule has 0 spiro atoms. The van der Waals surface area contributed by atoms with Gasteiger partial charge < -0.3 is 10.6 Å². The molecule has 0 aliphatic carbocycles. The molecule has 0 radical (unpaired) electrons. The van der Waals surface area contributed by atoms with Crippen molar-refractivity contribution in [3.63, 3.8) is 0 Å². The van der Waals surface area contributed by atoms with Crippen LogP contribution in [0, 0.1) is 0 Å². The fraction of sp³-hybridized carbons (Fsp3) is 0.286. The first-order valence-corrected chi connectivity index (χ1v) is 11.7. The zero-order valence-electron chi connectivity index (χ0n) is 17.0. The van der Waals surface area contributed by atoms with Gasteiger partial charge >= 0.3 is 6.03 Å². The van der Waals surface area contributed by atoms with Crippen LogP contribution in [0.1, 0.15) is 18.9 Å². The fourth-order valence-electron chi connectivity index (χ4n) is 3.26. The minimum atomic E-state index is -3.50. The molecule has 10 heteroatoms. The van der Waals surface area contributed by atoms with Crippen LogP contribution in [0.3, 0.4) is 0 Å². The summed E-state index contributed by atoms with van der Waals surface area (Å²) >= 11 is 6.04. The summed E-state index contributed by atoms with van der Waals surface area (Å²) in [4.78, 5) is 38.5. The van der Waals surface area contributed by atoms with Crippen molar-refractivity contribution >= 4 is 45.0 Å². The van der Waals surface area contributed by atoms with Crippen LogP contribution in [-0.2, 0) is 25.8 Å². The molecule has 0 unspecified atom stereocenters. The Kier molecular flexibility index (Phi) is 6.38. The van der Waals surface area contributed by atoms with Gasteiger partial charge in [0.05, 0.1) is 15.6 Å². The zero-order chi connectivity index (χ0) is 22.8. The highest BCUT2D eigenvalue weighted by Gasteiger charge is 2.47. The normalized spacial score (nSPS) is 18.7. The number of nitrogens with one attached hydrogen (secondary N) is 2. The van der Waals surface area contributed by atoms with Crippen molar-refractivity contribution in [1.29, 1.82) is 0 Å². The average Bonchev–Trinajstić information content (AvgIpc) is 2.91. The van der Waals surface area contributed by atoms with Crippen molar-refractivity contribution in [3.8, 4) is 0 Å². The summed E-state index contributed by atoms with van der Waals surface area (Å²) in [6, 6.07) is 12.8. The predicted molar refractivity (Wildman–Crippen MR) is 117 cm³/mol. The Morgan fingerprint density at radius 1 is 1.16 bits per heavy atom. The lowest BCUT2D eigenvalue weighted by atomic mass is 9.93. The van der Waals surface area contributed by atoms with Crippen LogP contribution in [-0.4, -0.2) is 49.5 Å². The molecule has 2 aromatic rings. The molecule has 1 heterocycles. The number of sulfone groups is 1. The van der Waals surface area contributed by atoms with Gasteiger partial charge in [-0.1, -0.05) is 41.9 Å². The molecule has 1 aliphatic rings. The van der Waals surface area contributed by atoms with Crippen LogP contribution in [0.15, 0.2) is 53.4 Å². The van der Waals surface area contributed by atoms with E-state index in [0.717, 1.165) is 16.7 Å². The highest BCUT2D eigenvalue weighted by molar-refractivity contribution is 7.90. The van der Waals surface area contributed by atoms with Gasteiger partial charge in [0.2, 0.25) is 5.91 Å². The number of aryl methyl sites for hydroxylation is 1. The second kappa shape index (κ2) is 8.68. The van der Waals surface area contributed by atoms with Crippen molar-refractivity contribution < 1.29 is 22.8 Å². The van der Waals surface area contributed by atoms with Crippen molar-refractivity contribution in [3.05, 3.63) is 59.1 Å². The molecule has 0 aromatic heterocycles. The van der Waals surface area contributed by atoms with Gasteiger partial charge in [0.1, 0.15) is 12.1 Å². The predicted octanol–water partition coefficient (Wildman–Crippen LogP) is 2.63. The highest BCUT2D eigenvalue weighted by Crippen LogP contribution is 2.26. The van der Waals surface area contributed by atoms with Crippen LogP contribution in [0.5, 0.6) is 0 Å². The quantitative estimate of drug-likeness (QED) is 0.613. The van der Waals surface area contributed by atoms with E-state index in [2.05, 4.69) is 10.6 Å². The van der Waals surface area contributed by atoms with E-state index in [9.17, 15) is 22.8 Å². The Balaban J connectivity index is 1.68. The summed E-state index contributed by atoms with van der Waals surface area (Å²) in [7, 11) is -3.50. The van der Waals surface area contributed by atoms with Gasteiger partial charge in [-0.15, -0.1) is 0 Å². The van der Waals surface area contributed by atoms with Gasteiger partial charge in [-0.25, -0.2) is 13.2 Å². The number of imide groups is 1. The van der Waals surface area contributed by atoms with Gasteiger partial charge in [0.15, 0.2) is 9.84 Å². The fourth-order valence-corrected chi connectivity index (χ4v) is 4.08. The standard InChI is InChI=1S/C21H22ClN3O5S/c1-21(11-10-14-6-4-3-5-7-14)19(27)25(20(28)24-21)13-18(26)23-17-12-15(31(2,29)30)8-9-16(17)22/h3-9,12H,10-11,13H2,1-2H3,(H,23,26)(H,24,28)/t21-/m1/s1. The molecule has 2 aromatic carbocycles. The first kappa shape index (κ1) is 22.8. The Morgan fingerprint density at radius 2 is 1.84 bits per heavy atom. The molecule has 164 valence electrons. The number of rotatable bonds is 7. The summed E-state index contributed by atoms with van der Waals surface area (Å²) in [5.41, 5.74) is -0.0167. The minimum absolute atomic E-state index is 0.0179. The van der Waals surface area contributed by atoms with Gasteiger partial charge in [-0.3, -0.25) is 14.5 Å². The van der Waals surface area contributed by atoms with Gasteiger partial charge in [0.25, 0.3) is 5.91 Å². The lowest BCUT2D eigenvalue weighted by molar-refractivity contribution is -0.133. The molecule has 0 bridgehead atoms. The Hall–Kier alpha value is -2.91. The van der Waals surface area contributed by atoms with E-state index in [1.807, 2.05) is 30.3 Å². The molecule has 4 amide bonds. The van der Waals surface area contributed by atoms with Crippen molar-refractivity contribution in [2.45, 2.75) is 30.2 Å². The van der Waals surface area contributed by atoms with Crippen LogP contribution in [0.4, 0.5) is 10.5 Å². The smallest absolute Gasteiger partial charge is 0.323 e. The van der Waals surface area contributed by atoms with Gasteiger partial charge in [-0.2, -0.15) is 0 Å².